The van der Waals surface area contributed by atoms with E-state index < -0.39 is 15.7 Å². The van der Waals surface area contributed by atoms with E-state index in [1.807, 2.05) is 0 Å². The van der Waals surface area contributed by atoms with Crippen LogP contribution in [0.3, 0.4) is 0 Å². The third kappa shape index (κ3) is 7.17. The Balaban J connectivity index is 1.31. The van der Waals surface area contributed by atoms with E-state index in [1.165, 1.54) is 6.07 Å². The average molecular weight is 447 g/mol. The van der Waals surface area contributed by atoms with E-state index in [-0.39, 0.29) is 16.4 Å². The minimum atomic E-state index is -2.90. The summed E-state index contributed by atoms with van der Waals surface area (Å²) in [7, 11) is -2.90. The summed E-state index contributed by atoms with van der Waals surface area (Å²) in [4.78, 5) is 2.29. The zero-order chi connectivity index (χ0) is 20.7. The third-order valence-electron chi connectivity index (χ3n) is 5.83. The van der Waals surface area contributed by atoms with E-state index in [9.17, 15) is 12.8 Å². The fourth-order valence-corrected chi connectivity index (χ4v) is 6.37. The standard InChI is InChI=1S/C21H32ClFN2O3S/c22-20-13-17(7-8-21(20)23)15-25-10-11-28-18(16-25)14-24-9-3-4-12-29(26,27)19-5-1-2-6-19/h7-8,13,18-19,24H,1-6,9-12,14-16H2/t18-/m0/s1. The Hall–Kier alpha value is -0.730. The van der Waals surface area contributed by atoms with E-state index in [0.717, 1.165) is 76.8 Å². The van der Waals surface area contributed by atoms with Gasteiger partial charge in [0.2, 0.25) is 0 Å². The molecule has 0 amide bonds. The van der Waals surface area contributed by atoms with Crippen molar-refractivity contribution in [2.24, 2.45) is 0 Å². The average Bonchev–Trinajstić information content (AvgIpc) is 3.24. The van der Waals surface area contributed by atoms with E-state index in [1.54, 1.807) is 12.1 Å². The topological polar surface area (TPSA) is 58.6 Å². The molecule has 1 atom stereocenters. The Kier molecular flexibility index (Phi) is 8.74. The van der Waals surface area contributed by atoms with Crippen molar-refractivity contribution in [3.05, 3.63) is 34.6 Å². The number of rotatable bonds is 10. The van der Waals surface area contributed by atoms with Crippen LogP contribution in [0.5, 0.6) is 0 Å². The van der Waals surface area contributed by atoms with Crippen LogP contribution in [0.4, 0.5) is 4.39 Å². The Morgan fingerprint density at radius 1 is 1.24 bits per heavy atom. The first-order valence-electron chi connectivity index (χ1n) is 10.6. The van der Waals surface area contributed by atoms with Crippen LogP contribution in [0.25, 0.3) is 0 Å². The van der Waals surface area contributed by atoms with E-state index in [4.69, 9.17) is 16.3 Å². The second-order valence-electron chi connectivity index (χ2n) is 8.16. The lowest BCUT2D eigenvalue weighted by Gasteiger charge is -2.33. The van der Waals surface area contributed by atoms with Crippen LogP contribution >= 0.6 is 11.6 Å². The third-order valence-corrected chi connectivity index (χ3v) is 8.46. The lowest BCUT2D eigenvalue weighted by Crippen LogP contribution is -2.46. The molecule has 0 spiro atoms. The van der Waals surface area contributed by atoms with Gasteiger partial charge in [-0.25, -0.2) is 12.8 Å². The van der Waals surface area contributed by atoms with Gasteiger partial charge in [0.1, 0.15) is 5.82 Å². The lowest BCUT2D eigenvalue weighted by atomic mass is 10.2. The SMILES string of the molecule is O=S(=O)(CCCCNC[C@H]1CN(Cc2ccc(F)c(Cl)c2)CCO1)C1CCCC1. The molecule has 2 fully saturated rings. The summed E-state index contributed by atoms with van der Waals surface area (Å²) in [6, 6.07) is 4.85. The number of benzene rings is 1. The maximum Gasteiger partial charge on any atom is 0.153 e. The van der Waals surface area contributed by atoms with E-state index >= 15 is 0 Å². The molecule has 0 unspecified atom stereocenters. The van der Waals surface area contributed by atoms with Crippen LogP contribution < -0.4 is 5.32 Å². The van der Waals surface area contributed by atoms with Crippen LogP contribution in [0.2, 0.25) is 5.02 Å². The first-order chi connectivity index (χ1) is 13.9. The molecule has 1 saturated carbocycles. The van der Waals surface area contributed by atoms with Gasteiger partial charge in [0.15, 0.2) is 9.84 Å². The quantitative estimate of drug-likeness (QED) is 0.558. The Labute approximate surface area is 178 Å². The monoisotopic (exact) mass is 446 g/mol. The van der Waals surface area contributed by atoms with Crippen molar-refractivity contribution in [2.75, 3.05) is 38.5 Å². The number of unbranched alkanes of at least 4 members (excludes halogenated alkanes) is 1. The Morgan fingerprint density at radius 3 is 2.79 bits per heavy atom. The molecule has 1 aromatic carbocycles. The van der Waals surface area contributed by atoms with Gasteiger partial charge in [-0.2, -0.15) is 0 Å². The van der Waals surface area contributed by atoms with Crippen LogP contribution in [0.1, 0.15) is 44.1 Å². The molecule has 2 aliphatic rings. The zero-order valence-corrected chi connectivity index (χ0v) is 18.5. The maximum atomic E-state index is 13.3. The number of halogens is 2. The van der Waals surface area contributed by atoms with Gasteiger partial charge in [0.25, 0.3) is 0 Å². The number of sulfone groups is 1. The summed E-state index contributed by atoms with van der Waals surface area (Å²) in [5.74, 6) is -0.0803. The molecule has 3 rings (SSSR count). The summed E-state index contributed by atoms with van der Waals surface area (Å²) in [6.07, 6.45) is 5.48. The minimum absolute atomic E-state index is 0.0898. The molecule has 8 heteroatoms. The first-order valence-corrected chi connectivity index (χ1v) is 12.7. The molecular formula is C21H32ClFN2O3S. The molecule has 0 radical (unpaired) electrons. The molecule has 5 nitrogen and oxygen atoms in total. The molecule has 1 aromatic rings. The van der Waals surface area contributed by atoms with Gasteiger partial charge in [-0.3, -0.25) is 4.90 Å². The molecule has 1 aliphatic heterocycles. The van der Waals surface area contributed by atoms with Crippen molar-refractivity contribution in [2.45, 2.75) is 56.4 Å². The largest absolute Gasteiger partial charge is 0.374 e. The van der Waals surface area contributed by atoms with Gasteiger partial charge in [-0.1, -0.05) is 30.5 Å². The number of nitrogens with zero attached hydrogens (tertiary/aromatic N) is 1. The van der Waals surface area contributed by atoms with Crippen molar-refractivity contribution >= 4 is 21.4 Å². The van der Waals surface area contributed by atoms with Crippen LogP contribution in [-0.4, -0.2) is 63.2 Å². The van der Waals surface area contributed by atoms with E-state index in [2.05, 4.69) is 10.2 Å². The molecule has 0 aromatic heterocycles. The summed E-state index contributed by atoms with van der Waals surface area (Å²) < 4.78 is 43.7. The van der Waals surface area contributed by atoms with Gasteiger partial charge in [-0.15, -0.1) is 0 Å². The second-order valence-corrected chi connectivity index (χ2v) is 11.0. The molecule has 1 heterocycles. The van der Waals surface area contributed by atoms with Crippen molar-refractivity contribution in [3.63, 3.8) is 0 Å². The fraction of sp³-hybridized carbons (Fsp3) is 0.714. The van der Waals surface area contributed by atoms with Crippen LogP contribution in [-0.2, 0) is 21.1 Å². The Bertz CT molecular complexity index is 756. The van der Waals surface area contributed by atoms with Gasteiger partial charge in [-0.05, 0) is 49.9 Å². The Morgan fingerprint density at radius 2 is 2.03 bits per heavy atom. The smallest absolute Gasteiger partial charge is 0.153 e. The highest BCUT2D eigenvalue weighted by atomic mass is 35.5. The molecule has 29 heavy (non-hydrogen) atoms. The normalized spacial score (nSPS) is 21.7. The zero-order valence-electron chi connectivity index (χ0n) is 16.9. The molecule has 1 N–H and O–H groups in total. The summed E-state index contributed by atoms with van der Waals surface area (Å²) in [5.41, 5.74) is 0.994. The number of nitrogens with one attached hydrogen (secondary N) is 1. The minimum Gasteiger partial charge on any atom is -0.374 e. The summed E-state index contributed by atoms with van der Waals surface area (Å²) in [5, 5.41) is 3.46. The van der Waals surface area contributed by atoms with Crippen LogP contribution in [0.15, 0.2) is 18.2 Å². The van der Waals surface area contributed by atoms with Crippen LogP contribution in [0, 0.1) is 5.82 Å². The molecule has 1 saturated heterocycles. The predicted octanol–water partition coefficient (Wildman–Crippen LogP) is 3.41. The van der Waals surface area contributed by atoms with Gasteiger partial charge in [0.05, 0.1) is 28.7 Å². The predicted molar refractivity (Wildman–Crippen MR) is 115 cm³/mol. The highest BCUT2D eigenvalue weighted by molar-refractivity contribution is 7.92. The molecular weight excluding hydrogens is 415 g/mol. The van der Waals surface area contributed by atoms with Crippen molar-refractivity contribution < 1.29 is 17.5 Å². The van der Waals surface area contributed by atoms with Crippen molar-refractivity contribution in [3.8, 4) is 0 Å². The fourth-order valence-electron chi connectivity index (χ4n) is 4.17. The second kappa shape index (κ2) is 11.0. The van der Waals surface area contributed by atoms with Gasteiger partial charge in [0, 0.05) is 26.2 Å². The highest BCUT2D eigenvalue weighted by Crippen LogP contribution is 2.25. The molecule has 0 bridgehead atoms. The summed E-state index contributed by atoms with van der Waals surface area (Å²) >= 11 is 5.87. The lowest BCUT2D eigenvalue weighted by molar-refractivity contribution is -0.0298. The van der Waals surface area contributed by atoms with Gasteiger partial charge < -0.3 is 10.1 Å². The van der Waals surface area contributed by atoms with Crippen molar-refractivity contribution in [1.82, 2.24) is 10.2 Å². The molecule has 164 valence electrons. The number of hydrogen-bond donors (Lipinski definition) is 1. The van der Waals surface area contributed by atoms with E-state index in [0.29, 0.717) is 12.4 Å². The first kappa shape index (κ1) is 22.9. The highest BCUT2D eigenvalue weighted by Gasteiger charge is 2.28. The molecule has 1 aliphatic carbocycles. The van der Waals surface area contributed by atoms with Crippen molar-refractivity contribution in [1.29, 1.82) is 0 Å². The maximum absolute atomic E-state index is 13.3. The van der Waals surface area contributed by atoms with Gasteiger partial charge >= 0.3 is 0 Å². The summed E-state index contributed by atoms with van der Waals surface area (Å²) in [6.45, 7) is 4.58. The number of hydrogen-bond acceptors (Lipinski definition) is 5. The number of ether oxygens (including phenoxy) is 1. The number of morpholine rings is 1.